The lowest BCUT2D eigenvalue weighted by molar-refractivity contribution is -0.220. The van der Waals surface area contributed by atoms with Gasteiger partial charge in [0.05, 0.1) is 24.9 Å². The highest BCUT2D eigenvalue weighted by molar-refractivity contribution is 7.47. The summed E-state index contributed by atoms with van der Waals surface area (Å²) in [6.07, 6.45) is 17.9. The molecule has 1 fully saturated rings. The molecule has 0 aliphatic heterocycles. The first-order valence-corrected chi connectivity index (χ1v) is 25.3. The van der Waals surface area contributed by atoms with Gasteiger partial charge < -0.3 is 55.2 Å². The molecule has 0 aromatic heterocycles. The molecule has 3 unspecified atom stereocenters. The molecule has 64 heavy (non-hydrogen) atoms. The molecule has 0 heterocycles. The zero-order chi connectivity index (χ0) is 47.6. The Balaban J connectivity index is 2.61. The fraction of sp³-hybridized carbons (Fsp3) is 0.787. The molecule has 372 valence electrons. The summed E-state index contributed by atoms with van der Waals surface area (Å²) in [4.78, 5) is 35.8. The first-order valence-electron chi connectivity index (χ1n) is 23.8. The van der Waals surface area contributed by atoms with Crippen molar-refractivity contribution in [1.82, 2.24) is 0 Å². The first-order chi connectivity index (χ1) is 30.6. The van der Waals surface area contributed by atoms with Crippen molar-refractivity contribution in [3.8, 4) is 0 Å². The van der Waals surface area contributed by atoms with Crippen LogP contribution in [-0.4, -0.2) is 132 Å². The van der Waals surface area contributed by atoms with Gasteiger partial charge in [0.25, 0.3) is 0 Å². The van der Waals surface area contributed by atoms with Crippen LogP contribution in [0.1, 0.15) is 162 Å². The van der Waals surface area contributed by atoms with Gasteiger partial charge in [-0.2, -0.15) is 0 Å². The topological polar surface area (TPSA) is 270 Å². The molecule has 16 nitrogen and oxygen atoms in total. The molecule has 0 amide bonds. The van der Waals surface area contributed by atoms with E-state index in [0.29, 0.717) is 12.8 Å². The number of esters is 2. The van der Waals surface area contributed by atoms with E-state index >= 15 is 0 Å². The van der Waals surface area contributed by atoms with Crippen molar-refractivity contribution in [2.24, 2.45) is 0 Å². The van der Waals surface area contributed by atoms with Crippen molar-refractivity contribution in [2.45, 2.75) is 223 Å². The van der Waals surface area contributed by atoms with E-state index in [0.717, 1.165) is 44.9 Å². The molecule has 9 N–H and O–H groups in total. The van der Waals surface area contributed by atoms with Crippen molar-refractivity contribution in [1.29, 1.82) is 0 Å². The fourth-order valence-corrected chi connectivity index (χ4v) is 8.00. The summed E-state index contributed by atoms with van der Waals surface area (Å²) < 4.78 is 33.3. The second-order valence-electron chi connectivity index (χ2n) is 16.8. The van der Waals surface area contributed by atoms with Gasteiger partial charge in [0, 0.05) is 12.8 Å². The van der Waals surface area contributed by atoms with E-state index in [-0.39, 0.29) is 25.7 Å². The van der Waals surface area contributed by atoms with Crippen molar-refractivity contribution >= 4 is 19.8 Å². The Morgan fingerprint density at radius 1 is 0.547 bits per heavy atom. The van der Waals surface area contributed by atoms with Gasteiger partial charge in [0.2, 0.25) is 0 Å². The number of allylic oxidation sites excluding steroid dienone is 6. The molecule has 0 spiro atoms. The molecule has 1 saturated carbocycles. The van der Waals surface area contributed by atoms with Crippen LogP contribution in [0.25, 0.3) is 0 Å². The van der Waals surface area contributed by atoms with E-state index in [1.165, 1.54) is 70.3 Å². The van der Waals surface area contributed by atoms with Gasteiger partial charge in [-0.05, 0) is 25.7 Å². The van der Waals surface area contributed by atoms with Crippen LogP contribution in [0.5, 0.6) is 0 Å². The van der Waals surface area contributed by atoms with E-state index in [1.54, 1.807) is 42.5 Å². The van der Waals surface area contributed by atoms with Gasteiger partial charge in [-0.3, -0.25) is 18.6 Å². The fourth-order valence-electron chi connectivity index (χ4n) is 7.02. The SMILES string of the molecule is CCCCCCCCCCCCCCCCCC(=O)OC[C@H](COP(=O)(O)OC1[C@H](O)[C@H](O)C(O)[C@H](O)[C@H]1O)OC(=O)CCC[C@H](O)[C@@H](O)/C=C/C=C/C=C\C=C\[C@@H](O)CCCCC. The van der Waals surface area contributed by atoms with Crippen LogP contribution in [0.2, 0.25) is 0 Å². The lowest BCUT2D eigenvalue weighted by Crippen LogP contribution is -2.64. The zero-order valence-corrected chi connectivity index (χ0v) is 39.3. The Bertz CT molecular complexity index is 1360. The van der Waals surface area contributed by atoms with E-state index in [1.807, 2.05) is 0 Å². The average Bonchev–Trinajstić information content (AvgIpc) is 3.26. The Kier molecular flexibility index (Phi) is 34.3. The Hall–Kier alpha value is -2.31. The van der Waals surface area contributed by atoms with Gasteiger partial charge >= 0.3 is 19.8 Å². The lowest BCUT2D eigenvalue weighted by Gasteiger charge is -2.41. The van der Waals surface area contributed by atoms with Crippen LogP contribution < -0.4 is 0 Å². The number of phosphoric ester groups is 1. The van der Waals surface area contributed by atoms with Crippen molar-refractivity contribution in [2.75, 3.05) is 13.2 Å². The number of aliphatic hydroxyl groups is 8. The number of hydrogen-bond donors (Lipinski definition) is 9. The number of unbranched alkanes of at least 4 members (excludes halogenated alkanes) is 16. The molecule has 1 aliphatic carbocycles. The summed E-state index contributed by atoms with van der Waals surface area (Å²) in [5.41, 5.74) is 0. The zero-order valence-electron chi connectivity index (χ0n) is 38.4. The van der Waals surface area contributed by atoms with Gasteiger partial charge in [0.15, 0.2) is 6.10 Å². The number of carbonyl (C=O) groups is 2. The second kappa shape index (κ2) is 36.8. The number of hydrogen-bond acceptors (Lipinski definition) is 15. The van der Waals surface area contributed by atoms with Gasteiger partial charge in [-0.25, -0.2) is 4.57 Å². The molecule has 0 saturated heterocycles. The quantitative estimate of drug-likeness (QED) is 0.0147. The van der Waals surface area contributed by atoms with Gasteiger partial charge in [-0.15, -0.1) is 0 Å². The van der Waals surface area contributed by atoms with Crippen LogP contribution in [0, 0.1) is 0 Å². The molecule has 17 heteroatoms. The van der Waals surface area contributed by atoms with Crippen LogP contribution in [0.15, 0.2) is 48.6 Å². The number of aliphatic hydroxyl groups excluding tert-OH is 8. The maximum Gasteiger partial charge on any atom is 0.472 e. The standard InChI is InChI=1S/C47H83O16P/c1-3-5-7-8-9-10-11-12-13-14-15-16-17-22-26-32-40(51)60-34-37(35-61-64(58,59)63-47-45(56)43(54)42(53)44(55)46(47)57)62-41(52)33-27-31-39(50)38(49)30-25-21-19-18-20-24-29-36(48)28-23-6-4-2/h18-21,24-25,29-30,36-39,42-50,53-57H,3-17,22-23,26-28,31-35H2,1-2H3,(H,58,59)/b20-18-,21-19+,29-24+,30-25+/t36-,37+,38-,39-,42?,43-,44+,45+,46+,47?/m0/s1. The minimum absolute atomic E-state index is 0.00311. The van der Waals surface area contributed by atoms with E-state index < -0.39 is 94.0 Å². The predicted octanol–water partition coefficient (Wildman–Crippen LogP) is 6.08. The first kappa shape index (κ1) is 59.7. The molecular weight excluding hydrogens is 851 g/mol. The smallest absolute Gasteiger partial charge is 0.462 e. The monoisotopic (exact) mass is 935 g/mol. The number of carbonyl (C=O) groups excluding carboxylic acids is 2. The van der Waals surface area contributed by atoms with Crippen molar-refractivity contribution in [3.05, 3.63) is 48.6 Å². The molecular formula is C47H83O16P. The summed E-state index contributed by atoms with van der Waals surface area (Å²) in [6, 6.07) is 0. The third-order valence-electron chi connectivity index (χ3n) is 11.0. The van der Waals surface area contributed by atoms with Crippen LogP contribution >= 0.6 is 7.82 Å². The third-order valence-corrected chi connectivity index (χ3v) is 12.0. The minimum atomic E-state index is -5.22. The van der Waals surface area contributed by atoms with E-state index in [2.05, 4.69) is 13.8 Å². The molecule has 11 atom stereocenters. The van der Waals surface area contributed by atoms with Crippen LogP contribution in [0.3, 0.4) is 0 Å². The highest BCUT2D eigenvalue weighted by Crippen LogP contribution is 2.47. The third kappa shape index (κ3) is 28.7. The Labute approximate surface area is 381 Å². The van der Waals surface area contributed by atoms with Gasteiger partial charge in [-0.1, -0.05) is 172 Å². The molecule has 1 rings (SSSR count). The van der Waals surface area contributed by atoms with E-state index in [9.17, 15) is 59.9 Å². The summed E-state index contributed by atoms with van der Waals surface area (Å²) in [6.45, 7) is 2.91. The second-order valence-corrected chi connectivity index (χ2v) is 18.2. The highest BCUT2D eigenvalue weighted by Gasteiger charge is 2.51. The molecule has 1 aliphatic rings. The maximum atomic E-state index is 12.8. The van der Waals surface area contributed by atoms with Crippen LogP contribution in [0.4, 0.5) is 0 Å². The van der Waals surface area contributed by atoms with E-state index in [4.69, 9.17) is 18.5 Å². The molecule has 0 radical (unpaired) electrons. The maximum absolute atomic E-state index is 12.8. The summed E-state index contributed by atoms with van der Waals surface area (Å²) in [5.74, 6) is -1.43. The normalized spacial score (nSPS) is 23.5. The molecule has 0 bridgehead atoms. The van der Waals surface area contributed by atoms with Crippen molar-refractivity contribution < 1.29 is 78.4 Å². The number of rotatable bonds is 38. The lowest BCUT2D eigenvalue weighted by atomic mass is 9.85. The number of phosphoric acid groups is 1. The molecule has 0 aromatic carbocycles. The Morgan fingerprint density at radius 3 is 1.55 bits per heavy atom. The van der Waals surface area contributed by atoms with Gasteiger partial charge in [0.1, 0.15) is 43.2 Å². The molecule has 0 aromatic rings. The number of ether oxygens (including phenoxy) is 2. The summed E-state index contributed by atoms with van der Waals surface area (Å²) in [5, 5.41) is 80.8. The van der Waals surface area contributed by atoms with Crippen molar-refractivity contribution in [3.63, 3.8) is 0 Å². The minimum Gasteiger partial charge on any atom is -0.462 e. The Morgan fingerprint density at radius 2 is 1.00 bits per heavy atom. The predicted molar refractivity (Wildman–Crippen MR) is 244 cm³/mol. The highest BCUT2D eigenvalue weighted by atomic mass is 31.2. The largest absolute Gasteiger partial charge is 0.472 e. The average molecular weight is 935 g/mol. The summed E-state index contributed by atoms with van der Waals surface area (Å²) in [7, 11) is -5.22. The van der Waals surface area contributed by atoms with Crippen LogP contribution in [-0.2, 0) is 32.7 Å². The summed E-state index contributed by atoms with van der Waals surface area (Å²) >= 11 is 0.